The Balaban J connectivity index is 2.99. The molecule has 0 heterocycles. The summed E-state index contributed by atoms with van der Waals surface area (Å²) in [6.07, 6.45) is -0.377. The van der Waals surface area contributed by atoms with Crippen molar-refractivity contribution in [1.82, 2.24) is 4.90 Å². The molecule has 0 bridgehead atoms. The minimum atomic E-state index is -3.49. The standard InChI is InChI=1S/C22H34BrN3O8S/c1-21(2,3)33-19(27)25-18(24)26(20(28)34-22(4,5)6)14-15-9-10-17(16(23)13-15)31-11-8-12-32-35(7,29)30/h9-10,13H,8,11-12,14H2,1-7H3,(H2,24,25,27). The highest BCUT2D eigenvalue weighted by Crippen LogP contribution is 2.27. The third-order valence-electron chi connectivity index (χ3n) is 3.67. The number of carbonyl (C=O) groups excluding carboxylic acids is 2. The first-order valence-electron chi connectivity index (χ1n) is 10.7. The zero-order valence-electron chi connectivity index (χ0n) is 21.1. The molecule has 0 aliphatic carbocycles. The van der Waals surface area contributed by atoms with E-state index in [9.17, 15) is 18.0 Å². The third kappa shape index (κ3) is 13.3. The van der Waals surface area contributed by atoms with Crippen LogP contribution in [-0.2, 0) is 30.3 Å². The molecule has 0 fully saturated rings. The van der Waals surface area contributed by atoms with Crippen molar-refractivity contribution in [3.8, 4) is 5.75 Å². The first-order valence-corrected chi connectivity index (χ1v) is 13.3. The van der Waals surface area contributed by atoms with Gasteiger partial charge in [0.25, 0.3) is 10.1 Å². The highest BCUT2D eigenvalue weighted by atomic mass is 79.9. The van der Waals surface area contributed by atoms with E-state index in [1.54, 1.807) is 59.7 Å². The molecule has 0 spiro atoms. The fourth-order valence-electron chi connectivity index (χ4n) is 2.39. The van der Waals surface area contributed by atoms with Crippen LogP contribution in [0.25, 0.3) is 0 Å². The number of aliphatic imine (C=N–C) groups is 1. The molecule has 1 aromatic carbocycles. The first-order chi connectivity index (χ1) is 15.9. The molecular formula is C22H34BrN3O8S. The predicted octanol–water partition coefficient (Wildman–Crippen LogP) is 4.18. The van der Waals surface area contributed by atoms with E-state index in [0.717, 1.165) is 11.2 Å². The molecule has 0 aliphatic rings. The lowest BCUT2D eigenvalue weighted by Gasteiger charge is -2.27. The number of benzene rings is 1. The molecule has 2 amide bonds. The van der Waals surface area contributed by atoms with Crippen LogP contribution < -0.4 is 10.5 Å². The third-order valence-corrected chi connectivity index (χ3v) is 4.88. The van der Waals surface area contributed by atoms with Gasteiger partial charge < -0.3 is 19.9 Å². The zero-order chi connectivity index (χ0) is 27.0. The Hall–Kier alpha value is -2.38. The number of carbonyl (C=O) groups is 2. The van der Waals surface area contributed by atoms with Gasteiger partial charge in [-0.05, 0) is 75.2 Å². The Labute approximate surface area is 215 Å². The minimum Gasteiger partial charge on any atom is -0.492 e. The normalized spacial score (nSPS) is 12.7. The van der Waals surface area contributed by atoms with Crippen LogP contribution in [-0.4, -0.2) is 62.1 Å². The lowest BCUT2D eigenvalue weighted by atomic mass is 10.2. The van der Waals surface area contributed by atoms with Crippen LogP contribution in [0.15, 0.2) is 27.7 Å². The summed E-state index contributed by atoms with van der Waals surface area (Å²) in [7, 11) is -3.49. The second-order valence-electron chi connectivity index (χ2n) is 9.51. The molecule has 0 aliphatic heterocycles. The summed E-state index contributed by atoms with van der Waals surface area (Å²) in [6.45, 7) is 10.3. The van der Waals surface area contributed by atoms with Gasteiger partial charge in [-0.2, -0.15) is 8.42 Å². The number of rotatable bonds is 8. The maximum Gasteiger partial charge on any atom is 0.437 e. The monoisotopic (exact) mass is 579 g/mol. The molecule has 1 aromatic rings. The minimum absolute atomic E-state index is 0.00957. The van der Waals surface area contributed by atoms with Crippen LogP contribution >= 0.6 is 15.9 Å². The van der Waals surface area contributed by atoms with Crippen molar-refractivity contribution < 1.29 is 36.4 Å². The fourth-order valence-corrected chi connectivity index (χ4v) is 3.35. The molecular weight excluding hydrogens is 546 g/mol. The number of ether oxygens (including phenoxy) is 3. The molecule has 11 nitrogen and oxygen atoms in total. The lowest BCUT2D eigenvalue weighted by Crippen LogP contribution is -2.44. The Morgan fingerprint density at radius 3 is 2.17 bits per heavy atom. The largest absolute Gasteiger partial charge is 0.492 e. The Kier molecular flexibility index (Phi) is 11.0. The molecule has 0 saturated carbocycles. The first kappa shape index (κ1) is 30.7. The number of nitrogens with two attached hydrogens (primary N) is 1. The Morgan fingerprint density at radius 2 is 1.66 bits per heavy atom. The van der Waals surface area contributed by atoms with Crippen molar-refractivity contribution in [2.24, 2.45) is 10.7 Å². The summed E-state index contributed by atoms with van der Waals surface area (Å²) in [5.41, 5.74) is 5.03. The predicted molar refractivity (Wildman–Crippen MR) is 135 cm³/mol. The SMILES string of the molecule is CC(C)(C)OC(=O)/N=C(/N)N(Cc1ccc(OCCCOS(C)(=O)=O)c(Br)c1)C(=O)OC(C)(C)C. The van der Waals surface area contributed by atoms with Gasteiger partial charge in [0, 0.05) is 6.42 Å². The molecule has 0 radical (unpaired) electrons. The molecule has 0 saturated heterocycles. The van der Waals surface area contributed by atoms with Gasteiger partial charge in [0.15, 0.2) is 0 Å². The van der Waals surface area contributed by atoms with E-state index in [1.807, 2.05) is 0 Å². The van der Waals surface area contributed by atoms with E-state index >= 15 is 0 Å². The summed E-state index contributed by atoms with van der Waals surface area (Å²) in [5, 5.41) is 0. The number of nitrogens with zero attached hydrogens (tertiary/aromatic N) is 2. The quantitative estimate of drug-likeness (QED) is 0.207. The summed E-state index contributed by atoms with van der Waals surface area (Å²) in [5.74, 6) is 0.128. The molecule has 198 valence electrons. The van der Waals surface area contributed by atoms with E-state index in [1.165, 1.54) is 0 Å². The maximum absolute atomic E-state index is 12.8. The van der Waals surface area contributed by atoms with Crippen LogP contribution in [0, 0.1) is 0 Å². The van der Waals surface area contributed by atoms with Crippen LogP contribution in [0.5, 0.6) is 5.75 Å². The van der Waals surface area contributed by atoms with Crippen LogP contribution in [0.1, 0.15) is 53.5 Å². The average molecular weight is 580 g/mol. The van der Waals surface area contributed by atoms with Crippen LogP contribution in [0.3, 0.4) is 0 Å². The van der Waals surface area contributed by atoms with Gasteiger partial charge >= 0.3 is 12.2 Å². The van der Waals surface area contributed by atoms with Crippen molar-refractivity contribution in [3.63, 3.8) is 0 Å². The van der Waals surface area contributed by atoms with E-state index in [-0.39, 0.29) is 25.7 Å². The van der Waals surface area contributed by atoms with Crippen LogP contribution in [0.2, 0.25) is 0 Å². The van der Waals surface area contributed by atoms with Crippen molar-refractivity contribution in [2.45, 2.75) is 65.7 Å². The van der Waals surface area contributed by atoms with E-state index in [2.05, 4.69) is 25.1 Å². The zero-order valence-corrected chi connectivity index (χ0v) is 23.5. The van der Waals surface area contributed by atoms with E-state index in [0.29, 0.717) is 22.2 Å². The molecule has 0 aromatic heterocycles. The molecule has 0 atom stereocenters. The highest BCUT2D eigenvalue weighted by Gasteiger charge is 2.26. The molecule has 0 unspecified atom stereocenters. The number of hydrogen-bond donors (Lipinski definition) is 1. The summed E-state index contributed by atoms with van der Waals surface area (Å²) >= 11 is 3.41. The summed E-state index contributed by atoms with van der Waals surface area (Å²) < 4.78 is 43.4. The molecule has 13 heteroatoms. The summed E-state index contributed by atoms with van der Waals surface area (Å²) in [6, 6.07) is 5.08. The number of halogens is 1. The second-order valence-corrected chi connectivity index (χ2v) is 12.0. The molecule has 1 rings (SSSR count). The molecule has 2 N–H and O–H groups in total. The highest BCUT2D eigenvalue weighted by molar-refractivity contribution is 9.10. The van der Waals surface area contributed by atoms with Gasteiger partial charge in [-0.1, -0.05) is 6.07 Å². The fraction of sp³-hybridized carbons (Fsp3) is 0.591. The second kappa shape index (κ2) is 12.5. The number of amides is 2. The van der Waals surface area contributed by atoms with E-state index in [4.69, 9.17) is 19.9 Å². The van der Waals surface area contributed by atoms with Crippen molar-refractivity contribution in [2.75, 3.05) is 19.5 Å². The van der Waals surface area contributed by atoms with Gasteiger partial charge in [-0.15, -0.1) is 4.99 Å². The van der Waals surface area contributed by atoms with Crippen LogP contribution in [0.4, 0.5) is 9.59 Å². The lowest BCUT2D eigenvalue weighted by molar-refractivity contribution is 0.0356. The average Bonchev–Trinajstić information content (AvgIpc) is 2.63. The van der Waals surface area contributed by atoms with Crippen molar-refractivity contribution >= 4 is 44.2 Å². The Morgan fingerprint density at radius 1 is 1.06 bits per heavy atom. The van der Waals surface area contributed by atoms with Gasteiger partial charge in [0.05, 0.1) is 30.5 Å². The van der Waals surface area contributed by atoms with Gasteiger partial charge in [0.1, 0.15) is 17.0 Å². The topological polar surface area (TPSA) is 147 Å². The molecule has 35 heavy (non-hydrogen) atoms. The van der Waals surface area contributed by atoms with Crippen molar-refractivity contribution in [3.05, 3.63) is 28.2 Å². The van der Waals surface area contributed by atoms with Gasteiger partial charge in [-0.3, -0.25) is 4.18 Å². The van der Waals surface area contributed by atoms with Crippen molar-refractivity contribution in [1.29, 1.82) is 0 Å². The Bertz CT molecular complexity index is 1030. The maximum atomic E-state index is 12.8. The van der Waals surface area contributed by atoms with Gasteiger partial charge in [0.2, 0.25) is 5.96 Å². The number of guanidine groups is 1. The summed E-state index contributed by atoms with van der Waals surface area (Å²) in [4.78, 5) is 29.6. The van der Waals surface area contributed by atoms with E-state index < -0.39 is 33.5 Å². The number of hydrogen-bond acceptors (Lipinski definition) is 8. The smallest absolute Gasteiger partial charge is 0.437 e. The van der Waals surface area contributed by atoms with Gasteiger partial charge in [-0.25, -0.2) is 14.5 Å².